The molecule has 0 spiro atoms. The maximum Gasteiger partial charge on any atom is 0.340 e. The number of piperazine rings is 1. The van der Waals surface area contributed by atoms with Crippen molar-refractivity contribution in [1.29, 1.82) is 0 Å². The molecule has 1 aliphatic heterocycles. The molecule has 138 valence electrons. The van der Waals surface area contributed by atoms with E-state index in [0.717, 1.165) is 12.2 Å². The van der Waals surface area contributed by atoms with Crippen molar-refractivity contribution in [3.05, 3.63) is 23.8 Å². The Kier molecular flexibility index (Phi) is 5.89. The van der Waals surface area contributed by atoms with Crippen LogP contribution in [0, 0.1) is 0 Å². The molecule has 1 atom stereocenters. The molecular weight excluding hydrogens is 322 g/mol. The molecule has 1 heterocycles. The third kappa shape index (κ3) is 4.42. The van der Waals surface area contributed by atoms with E-state index < -0.39 is 17.6 Å². The number of anilines is 2. The summed E-state index contributed by atoms with van der Waals surface area (Å²) in [5.41, 5.74) is 1.30. The monoisotopic (exact) mass is 349 g/mol. The van der Waals surface area contributed by atoms with Gasteiger partial charge < -0.3 is 25.0 Å². The largest absolute Gasteiger partial charge is 0.465 e. The van der Waals surface area contributed by atoms with Crippen molar-refractivity contribution in [3.8, 4) is 0 Å². The molecular formula is C18H27N3O4. The van der Waals surface area contributed by atoms with Gasteiger partial charge in [-0.1, -0.05) is 6.07 Å². The lowest BCUT2D eigenvalue weighted by molar-refractivity contribution is -0.156. The number of methoxy groups -OCH3 is 1. The molecule has 7 nitrogen and oxygen atoms in total. The Bertz CT molecular complexity index is 640. The van der Waals surface area contributed by atoms with Crippen LogP contribution in [0.4, 0.5) is 11.4 Å². The molecule has 0 aromatic heterocycles. The van der Waals surface area contributed by atoms with Crippen molar-refractivity contribution in [2.45, 2.75) is 32.4 Å². The molecule has 1 aromatic carbocycles. The van der Waals surface area contributed by atoms with Gasteiger partial charge in [0.15, 0.2) is 0 Å². The second kappa shape index (κ2) is 7.74. The van der Waals surface area contributed by atoms with Crippen LogP contribution >= 0.6 is 0 Å². The van der Waals surface area contributed by atoms with E-state index in [2.05, 4.69) is 10.6 Å². The van der Waals surface area contributed by atoms with E-state index >= 15 is 0 Å². The van der Waals surface area contributed by atoms with Gasteiger partial charge in [-0.05, 0) is 32.9 Å². The summed E-state index contributed by atoms with van der Waals surface area (Å²) in [5, 5.41) is 6.30. The fourth-order valence-corrected chi connectivity index (χ4v) is 2.90. The van der Waals surface area contributed by atoms with Gasteiger partial charge in [0.25, 0.3) is 0 Å². The van der Waals surface area contributed by atoms with Gasteiger partial charge in [0.05, 0.1) is 24.0 Å². The maximum absolute atomic E-state index is 12.7. The number of carbonyl (C=O) groups excluding carboxylic acids is 2. The number of para-hydroxylation sites is 1. The number of hydrogen-bond donors (Lipinski definition) is 2. The van der Waals surface area contributed by atoms with Crippen LogP contribution in [-0.2, 0) is 14.3 Å². The van der Waals surface area contributed by atoms with Crippen LogP contribution in [0.5, 0.6) is 0 Å². The summed E-state index contributed by atoms with van der Waals surface area (Å²) >= 11 is 0. The van der Waals surface area contributed by atoms with Crippen molar-refractivity contribution in [2.24, 2.45) is 0 Å². The lowest BCUT2D eigenvalue weighted by Crippen LogP contribution is -2.56. The zero-order valence-electron chi connectivity index (χ0n) is 15.5. The molecule has 1 aromatic rings. The first-order valence-corrected chi connectivity index (χ1v) is 8.37. The van der Waals surface area contributed by atoms with Gasteiger partial charge in [-0.25, -0.2) is 9.59 Å². The molecule has 25 heavy (non-hydrogen) atoms. The number of nitrogens with zero attached hydrogens (tertiary/aromatic N) is 1. The molecule has 0 bridgehead atoms. The molecule has 0 aliphatic carbocycles. The normalized spacial score (nSPS) is 17.8. The lowest BCUT2D eigenvalue weighted by Gasteiger charge is -2.38. The van der Waals surface area contributed by atoms with Crippen LogP contribution in [0.25, 0.3) is 0 Å². The third-order valence-electron chi connectivity index (χ3n) is 3.93. The summed E-state index contributed by atoms with van der Waals surface area (Å²) in [6, 6.07) is 4.91. The van der Waals surface area contributed by atoms with Crippen molar-refractivity contribution < 1.29 is 19.1 Å². The summed E-state index contributed by atoms with van der Waals surface area (Å²) in [7, 11) is 3.10. The highest BCUT2D eigenvalue weighted by atomic mass is 16.6. The molecule has 1 saturated heterocycles. The molecule has 0 radical (unpaired) electrons. The molecule has 2 rings (SSSR count). The SMILES string of the molecule is CNc1c(C(=O)OC)cccc1N1CCNCC1C(=O)OC(C)(C)C. The van der Waals surface area contributed by atoms with Gasteiger partial charge in [0.2, 0.25) is 0 Å². The summed E-state index contributed by atoms with van der Waals surface area (Å²) in [6.07, 6.45) is 0. The third-order valence-corrected chi connectivity index (χ3v) is 3.93. The minimum atomic E-state index is -0.556. The highest BCUT2D eigenvalue weighted by Gasteiger charge is 2.34. The summed E-state index contributed by atoms with van der Waals surface area (Å²) in [4.78, 5) is 26.7. The number of hydrogen-bond acceptors (Lipinski definition) is 7. The Morgan fingerprint density at radius 1 is 1.32 bits per heavy atom. The van der Waals surface area contributed by atoms with Gasteiger partial charge in [-0.2, -0.15) is 0 Å². The molecule has 1 fully saturated rings. The Labute approximate surface area is 148 Å². The lowest BCUT2D eigenvalue weighted by atomic mass is 10.1. The Balaban J connectivity index is 2.40. The van der Waals surface area contributed by atoms with E-state index in [4.69, 9.17) is 9.47 Å². The van der Waals surface area contributed by atoms with Gasteiger partial charge in [-0.3, -0.25) is 0 Å². The molecule has 0 amide bonds. The van der Waals surface area contributed by atoms with Crippen molar-refractivity contribution in [3.63, 3.8) is 0 Å². The van der Waals surface area contributed by atoms with E-state index in [1.807, 2.05) is 31.7 Å². The Hall–Kier alpha value is -2.28. The molecule has 1 aliphatic rings. The first-order valence-electron chi connectivity index (χ1n) is 8.37. The van der Waals surface area contributed by atoms with E-state index in [9.17, 15) is 9.59 Å². The quantitative estimate of drug-likeness (QED) is 0.800. The first-order chi connectivity index (χ1) is 11.8. The maximum atomic E-state index is 12.7. The predicted molar refractivity (Wildman–Crippen MR) is 97.2 cm³/mol. The summed E-state index contributed by atoms with van der Waals surface area (Å²) < 4.78 is 10.4. The Morgan fingerprint density at radius 3 is 2.64 bits per heavy atom. The van der Waals surface area contributed by atoms with Crippen LogP contribution < -0.4 is 15.5 Å². The summed E-state index contributed by atoms with van der Waals surface area (Å²) in [6.45, 7) is 7.40. The minimum Gasteiger partial charge on any atom is -0.465 e. The number of ether oxygens (including phenoxy) is 2. The van der Waals surface area contributed by atoms with E-state index in [0.29, 0.717) is 24.3 Å². The van der Waals surface area contributed by atoms with Crippen LogP contribution in [0.3, 0.4) is 0 Å². The minimum absolute atomic E-state index is 0.287. The number of benzene rings is 1. The van der Waals surface area contributed by atoms with E-state index in [1.54, 1.807) is 19.2 Å². The number of nitrogens with one attached hydrogen (secondary N) is 2. The number of esters is 2. The highest BCUT2D eigenvalue weighted by Crippen LogP contribution is 2.32. The zero-order chi connectivity index (χ0) is 18.6. The first kappa shape index (κ1) is 19.1. The molecule has 7 heteroatoms. The van der Waals surface area contributed by atoms with Gasteiger partial charge in [0, 0.05) is 26.7 Å². The highest BCUT2D eigenvalue weighted by molar-refractivity contribution is 6.00. The fraction of sp³-hybridized carbons (Fsp3) is 0.556. The molecule has 0 saturated carbocycles. The second-order valence-electron chi connectivity index (χ2n) is 6.89. The van der Waals surface area contributed by atoms with Crippen LogP contribution in [0.1, 0.15) is 31.1 Å². The zero-order valence-corrected chi connectivity index (χ0v) is 15.5. The van der Waals surface area contributed by atoms with Crippen molar-refractivity contribution in [1.82, 2.24) is 5.32 Å². The van der Waals surface area contributed by atoms with Crippen LogP contribution in [0.2, 0.25) is 0 Å². The van der Waals surface area contributed by atoms with E-state index in [1.165, 1.54) is 7.11 Å². The summed E-state index contributed by atoms with van der Waals surface area (Å²) in [5.74, 6) is -0.708. The van der Waals surface area contributed by atoms with Crippen molar-refractivity contribution in [2.75, 3.05) is 44.0 Å². The average molecular weight is 349 g/mol. The average Bonchev–Trinajstić information content (AvgIpc) is 2.58. The van der Waals surface area contributed by atoms with Crippen LogP contribution in [-0.4, -0.2) is 57.4 Å². The van der Waals surface area contributed by atoms with Crippen LogP contribution in [0.15, 0.2) is 18.2 Å². The van der Waals surface area contributed by atoms with Crippen molar-refractivity contribution >= 4 is 23.3 Å². The molecule has 1 unspecified atom stereocenters. The number of carbonyl (C=O) groups is 2. The number of rotatable bonds is 4. The Morgan fingerprint density at radius 2 is 2.04 bits per heavy atom. The second-order valence-corrected chi connectivity index (χ2v) is 6.89. The fourth-order valence-electron chi connectivity index (χ4n) is 2.90. The standard InChI is InChI=1S/C18H27N3O4/c1-18(2,3)25-17(23)14-11-20-9-10-21(14)13-8-6-7-12(15(13)19-4)16(22)24-5/h6-8,14,19-20H,9-11H2,1-5H3. The van der Waals surface area contributed by atoms with Gasteiger partial charge in [0.1, 0.15) is 11.6 Å². The van der Waals surface area contributed by atoms with Gasteiger partial charge >= 0.3 is 11.9 Å². The predicted octanol–water partition coefficient (Wildman–Crippen LogP) is 1.63. The molecule has 2 N–H and O–H groups in total. The smallest absolute Gasteiger partial charge is 0.340 e. The topological polar surface area (TPSA) is 79.9 Å². The van der Waals surface area contributed by atoms with Gasteiger partial charge in [-0.15, -0.1) is 0 Å². The van der Waals surface area contributed by atoms with E-state index in [-0.39, 0.29) is 5.97 Å².